The summed E-state index contributed by atoms with van der Waals surface area (Å²) in [4.78, 5) is 15.4. The van der Waals surface area contributed by atoms with E-state index in [0.717, 1.165) is 42.3 Å². The molecule has 2 aliphatic rings. The Morgan fingerprint density at radius 2 is 2.28 bits per heavy atom. The molecule has 4 rings (SSSR count). The van der Waals surface area contributed by atoms with Gasteiger partial charge in [-0.15, -0.1) is 0 Å². The first-order valence-electron chi connectivity index (χ1n) is 6.45. The Bertz CT molecular complexity index is 579. The van der Waals surface area contributed by atoms with Gasteiger partial charge in [-0.05, 0) is 18.4 Å². The molecule has 5 heteroatoms. The summed E-state index contributed by atoms with van der Waals surface area (Å²) in [5.41, 5.74) is 0.976. The van der Waals surface area contributed by atoms with Crippen LogP contribution in [0.25, 0.3) is 10.9 Å². The number of hydrogen-bond donors (Lipinski definition) is 1. The average molecular weight is 241 g/mol. The van der Waals surface area contributed by atoms with Gasteiger partial charge in [-0.1, -0.05) is 0 Å². The zero-order valence-electron chi connectivity index (χ0n) is 10.1. The van der Waals surface area contributed by atoms with Crippen LogP contribution in [0.15, 0.2) is 24.8 Å². The Hall–Kier alpha value is -1.75. The van der Waals surface area contributed by atoms with Crippen LogP contribution in [-0.4, -0.2) is 40.6 Å². The molecule has 2 saturated heterocycles. The molecule has 2 fully saturated rings. The highest BCUT2D eigenvalue weighted by atomic mass is 15.3. The molecule has 0 radical (unpaired) electrons. The minimum Gasteiger partial charge on any atom is -0.351 e. The third-order valence-electron chi connectivity index (χ3n) is 4.13. The highest BCUT2D eigenvalue weighted by molar-refractivity contribution is 5.88. The molecule has 4 heterocycles. The van der Waals surface area contributed by atoms with Gasteiger partial charge in [0, 0.05) is 38.1 Å². The van der Waals surface area contributed by atoms with Crippen LogP contribution < -0.4 is 10.2 Å². The van der Waals surface area contributed by atoms with Crippen molar-refractivity contribution in [2.45, 2.75) is 12.5 Å². The summed E-state index contributed by atoms with van der Waals surface area (Å²) in [5, 5.41) is 4.53. The molecule has 0 unspecified atom stereocenters. The first-order valence-corrected chi connectivity index (χ1v) is 6.45. The monoisotopic (exact) mass is 241 g/mol. The van der Waals surface area contributed by atoms with Crippen molar-refractivity contribution in [1.29, 1.82) is 0 Å². The highest BCUT2D eigenvalue weighted by Crippen LogP contribution is 2.33. The van der Waals surface area contributed by atoms with Crippen molar-refractivity contribution in [3.05, 3.63) is 24.8 Å². The quantitative estimate of drug-likeness (QED) is 0.801. The molecular weight excluding hydrogens is 226 g/mol. The molecule has 2 atom stereocenters. The fourth-order valence-corrected chi connectivity index (χ4v) is 3.23. The van der Waals surface area contributed by atoms with E-state index in [2.05, 4.69) is 25.2 Å². The van der Waals surface area contributed by atoms with Crippen molar-refractivity contribution in [2.75, 3.05) is 24.5 Å². The average Bonchev–Trinajstić information content (AvgIpc) is 3.01. The van der Waals surface area contributed by atoms with Gasteiger partial charge in [-0.25, -0.2) is 9.97 Å². The van der Waals surface area contributed by atoms with Crippen molar-refractivity contribution >= 4 is 16.7 Å². The molecule has 2 aliphatic heterocycles. The topological polar surface area (TPSA) is 53.9 Å². The number of nitrogens with one attached hydrogen (secondary N) is 1. The van der Waals surface area contributed by atoms with Crippen LogP contribution in [0, 0.1) is 5.92 Å². The van der Waals surface area contributed by atoms with Crippen molar-refractivity contribution in [3.63, 3.8) is 0 Å². The molecule has 92 valence electrons. The van der Waals surface area contributed by atoms with Crippen LogP contribution in [0.2, 0.25) is 0 Å². The summed E-state index contributed by atoms with van der Waals surface area (Å²) in [7, 11) is 0. The number of aromatic nitrogens is 3. The van der Waals surface area contributed by atoms with Crippen molar-refractivity contribution in [3.8, 4) is 0 Å². The van der Waals surface area contributed by atoms with E-state index >= 15 is 0 Å². The Morgan fingerprint density at radius 1 is 1.28 bits per heavy atom. The summed E-state index contributed by atoms with van der Waals surface area (Å²) in [6.45, 7) is 3.30. The lowest BCUT2D eigenvalue weighted by Gasteiger charge is -2.25. The SMILES string of the molecule is c1cc2ncnc(N3CC[C@@H]4CNC[C@@H]43)c2cn1. The largest absolute Gasteiger partial charge is 0.351 e. The molecule has 0 bridgehead atoms. The van der Waals surface area contributed by atoms with Crippen LogP contribution in [0.5, 0.6) is 0 Å². The highest BCUT2D eigenvalue weighted by Gasteiger charge is 2.38. The maximum Gasteiger partial charge on any atom is 0.141 e. The van der Waals surface area contributed by atoms with Gasteiger partial charge in [-0.3, -0.25) is 4.98 Å². The van der Waals surface area contributed by atoms with E-state index in [4.69, 9.17) is 0 Å². The van der Waals surface area contributed by atoms with Crippen LogP contribution >= 0.6 is 0 Å². The number of anilines is 1. The molecule has 0 amide bonds. The number of nitrogens with zero attached hydrogens (tertiary/aromatic N) is 4. The van der Waals surface area contributed by atoms with E-state index < -0.39 is 0 Å². The third kappa shape index (κ3) is 1.40. The lowest BCUT2D eigenvalue weighted by Crippen LogP contribution is -2.34. The lowest BCUT2D eigenvalue weighted by molar-refractivity contribution is 0.578. The van der Waals surface area contributed by atoms with Gasteiger partial charge >= 0.3 is 0 Å². The van der Waals surface area contributed by atoms with Crippen LogP contribution in [0.4, 0.5) is 5.82 Å². The van der Waals surface area contributed by atoms with E-state index in [-0.39, 0.29) is 0 Å². The molecule has 0 aromatic carbocycles. The standard InChI is InChI=1S/C13H15N5/c1-3-14-6-10-11(1)16-8-17-13(10)18-4-2-9-5-15-7-12(9)18/h1,3,6,8-9,12,15H,2,4-5,7H2/t9-,12+/m1/s1. The van der Waals surface area contributed by atoms with Crippen molar-refractivity contribution < 1.29 is 0 Å². The lowest BCUT2D eigenvalue weighted by atomic mass is 10.1. The van der Waals surface area contributed by atoms with Gasteiger partial charge < -0.3 is 10.2 Å². The molecule has 5 nitrogen and oxygen atoms in total. The molecule has 2 aromatic rings. The molecule has 0 spiro atoms. The summed E-state index contributed by atoms with van der Waals surface area (Å²) < 4.78 is 0. The number of fused-ring (bicyclic) bond motifs is 2. The van der Waals surface area contributed by atoms with E-state index in [1.807, 2.05) is 12.3 Å². The fraction of sp³-hybridized carbons (Fsp3) is 0.462. The third-order valence-corrected chi connectivity index (χ3v) is 4.13. The van der Waals surface area contributed by atoms with Gasteiger partial charge in [0.2, 0.25) is 0 Å². The van der Waals surface area contributed by atoms with Gasteiger partial charge in [0.25, 0.3) is 0 Å². The molecular formula is C13H15N5. The second-order valence-electron chi connectivity index (χ2n) is 5.06. The second kappa shape index (κ2) is 3.88. The fourth-order valence-electron chi connectivity index (χ4n) is 3.23. The maximum absolute atomic E-state index is 4.50. The Kier molecular flexibility index (Phi) is 2.20. The Balaban J connectivity index is 1.83. The summed E-state index contributed by atoms with van der Waals surface area (Å²) in [6.07, 6.45) is 6.57. The zero-order chi connectivity index (χ0) is 11.9. The zero-order valence-corrected chi connectivity index (χ0v) is 10.1. The van der Waals surface area contributed by atoms with Gasteiger partial charge in [0.15, 0.2) is 0 Å². The molecule has 1 N–H and O–H groups in total. The van der Waals surface area contributed by atoms with Crippen LogP contribution in [0.1, 0.15) is 6.42 Å². The molecule has 0 aliphatic carbocycles. The molecule has 0 saturated carbocycles. The van der Waals surface area contributed by atoms with E-state index in [9.17, 15) is 0 Å². The first-order chi connectivity index (χ1) is 8.93. The van der Waals surface area contributed by atoms with Gasteiger partial charge in [0.05, 0.1) is 10.9 Å². The van der Waals surface area contributed by atoms with E-state index in [0.29, 0.717) is 6.04 Å². The predicted octanol–water partition coefficient (Wildman–Crippen LogP) is 0.823. The molecule has 2 aromatic heterocycles. The smallest absolute Gasteiger partial charge is 0.141 e. The molecule has 18 heavy (non-hydrogen) atoms. The number of rotatable bonds is 1. The minimum atomic E-state index is 0.586. The number of hydrogen-bond acceptors (Lipinski definition) is 5. The summed E-state index contributed by atoms with van der Waals surface area (Å²) in [5.74, 6) is 1.82. The normalized spacial score (nSPS) is 26.8. The van der Waals surface area contributed by atoms with E-state index in [1.165, 1.54) is 6.42 Å². The first kappa shape index (κ1) is 10.2. The van der Waals surface area contributed by atoms with Crippen molar-refractivity contribution in [2.24, 2.45) is 5.92 Å². The van der Waals surface area contributed by atoms with Crippen LogP contribution in [0.3, 0.4) is 0 Å². The van der Waals surface area contributed by atoms with Gasteiger partial charge in [-0.2, -0.15) is 0 Å². The Morgan fingerprint density at radius 3 is 3.28 bits per heavy atom. The van der Waals surface area contributed by atoms with E-state index in [1.54, 1.807) is 12.5 Å². The minimum absolute atomic E-state index is 0.586. The van der Waals surface area contributed by atoms with Crippen molar-refractivity contribution in [1.82, 2.24) is 20.3 Å². The maximum atomic E-state index is 4.50. The summed E-state index contributed by atoms with van der Waals surface area (Å²) in [6, 6.07) is 2.53. The predicted molar refractivity (Wildman–Crippen MR) is 69.4 cm³/mol. The van der Waals surface area contributed by atoms with Gasteiger partial charge in [0.1, 0.15) is 12.1 Å². The number of pyridine rings is 1. The summed E-state index contributed by atoms with van der Waals surface area (Å²) >= 11 is 0. The van der Waals surface area contributed by atoms with Crippen LogP contribution in [-0.2, 0) is 0 Å². The Labute approximate surface area is 105 Å². The second-order valence-corrected chi connectivity index (χ2v) is 5.06.